The van der Waals surface area contributed by atoms with Gasteiger partial charge in [0.05, 0.1) is 6.54 Å². The zero-order chi connectivity index (χ0) is 9.52. The average Bonchev–Trinajstić information content (AvgIpc) is 2.14. The van der Waals surface area contributed by atoms with Crippen LogP contribution < -0.4 is 11.2 Å². The van der Waals surface area contributed by atoms with Crippen molar-refractivity contribution in [3.63, 3.8) is 0 Å². The Hall–Kier alpha value is -1.53. The number of nitrogens with two attached hydrogens (primary N) is 1. The second-order valence-electron chi connectivity index (χ2n) is 2.24. The van der Waals surface area contributed by atoms with E-state index in [9.17, 15) is 4.79 Å². The van der Waals surface area contributed by atoms with Gasteiger partial charge in [-0.05, 0) is 6.07 Å². The molecule has 0 aliphatic heterocycles. The van der Waals surface area contributed by atoms with Crippen molar-refractivity contribution in [2.45, 2.75) is 6.54 Å². The SMILES string of the molecule is NC(=O)CONCc1ncccn1. The summed E-state index contributed by atoms with van der Waals surface area (Å²) in [6.45, 7) is 0.182. The molecule has 0 aliphatic rings. The van der Waals surface area contributed by atoms with E-state index < -0.39 is 5.91 Å². The Labute approximate surface area is 75.1 Å². The molecule has 1 heterocycles. The zero-order valence-electron chi connectivity index (χ0n) is 6.93. The molecule has 0 aliphatic carbocycles. The predicted octanol–water partition coefficient (Wildman–Crippen LogP) is -1.02. The van der Waals surface area contributed by atoms with Gasteiger partial charge in [0.1, 0.15) is 12.4 Å². The number of aromatic nitrogens is 2. The van der Waals surface area contributed by atoms with Crippen LogP contribution in [0.4, 0.5) is 0 Å². The summed E-state index contributed by atoms with van der Waals surface area (Å²) in [5, 5.41) is 0. The first kappa shape index (κ1) is 9.56. The number of hydrogen-bond donors (Lipinski definition) is 2. The van der Waals surface area contributed by atoms with Crippen LogP contribution in [0.15, 0.2) is 18.5 Å². The van der Waals surface area contributed by atoms with E-state index in [1.54, 1.807) is 18.5 Å². The lowest BCUT2D eigenvalue weighted by atomic mass is 10.5. The normalized spacial score (nSPS) is 9.85. The Morgan fingerprint density at radius 3 is 2.85 bits per heavy atom. The predicted molar refractivity (Wildman–Crippen MR) is 44.0 cm³/mol. The van der Waals surface area contributed by atoms with E-state index in [0.717, 1.165) is 0 Å². The third-order valence-electron chi connectivity index (χ3n) is 1.17. The van der Waals surface area contributed by atoms with Crippen LogP contribution in [0.2, 0.25) is 0 Å². The van der Waals surface area contributed by atoms with Crippen LogP contribution in [-0.4, -0.2) is 22.5 Å². The van der Waals surface area contributed by atoms with Gasteiger partial charge in [-0.2, -0.15) is 5.48 Å². The Balaban J connectivity index is 2.17. The lowest BCUT2D eigenvalue weighted by molar-refractivity contribution is -0.125. The summed E-state index contributed by atoms with van der Waals surface area (Å²) in [5.74, 6) is 0.0634. The van der Waals surface area contributed by atoms with E-state index >= 15 is 0 Å². The number of hydrogen-bond acceptors (Lipinski definition) is 5. The molecule has 0 aromatic carbocycles. The van der Waals surface area contributed by atoms with Gasteiger partial charge >= 0.3 is 0 Å². The molecule has 70 valence electrons. The Kier molecular flexibility index (Phi) is 3.80. The molecule has 1 aromatic rings. The first-order valence-corrected chi connectivity index (χ1v) is 3.68. The van der Waals surface area contributed by atoms with Gasteiger partial charge in [-0.3, -0.25) is 9.63 Å². The number of carbonyl (C=O) groups is 1. The molecule has 6 heteroatoms. The largest absolute Gasteiger partial charge is 0.368 e. The second-order valence-corrected chi connectivity index (χ2v) is 2.24. The van der Waals surface area contributed by atoms with E-state index in [1.807, 2.05) is 0 Å². The van der Waals surface area contributed by atoms with Gasteiger partial charge in [0.25, 0.3) is 0 Å². The van der Waals surface area contributed by atoms with Crippen molar-refractivity contribution in [1.82, 2.24) is 15.4 Å². The van der Waals surface area contributed by atoms with Crippen molar-refractivity contribution >= 4 is 5.91 Å². The Morgan fingerprint density at radius 1 is 1.54 bits per heavy atom. The van der Waals surface area contributed by atoms with Crippen LogP contribution in [0.5, 0.6) is 0 Å². The summed E-state index contributed by atoms with van der Waals surface area (Å²) in [6.07, 6.45) is 3.25. The smallest absolute Gasteiger partial charge is 0.245 e. The number of nitrogens with one attached hydrogen (secondary N) is 1. The van der Waals surface area contributed by atoms with Gasteiger partial charge < -0.3 is 5.73 Å². The van der Waals surface area contributed by atoms with E-state index in [1.165, 1.54) is 0 Å². The van der Waals surface area contributed by atoms with Crippen molar-refractivity contribution in [3.05, 3.63) is 24.3 Å². The van der Waals surface area contributed by atoms with Crippen LogP contribution in [0, 0.1) is 0 Å². The number of carbonyl (C=O) groups excluding carboxylic acids is 1. The zero-order valence-corrected chi connectivity index (χ0v) is 6.93. The number of rotatable bonds is 5. The average molecular weight is 182 g/mol. The fourth-order valence-corrected chi connectivity index (χ4v) is 0.659. The second kappa shape index (κ2) is 5.18. The van der Waals surface area contributed by atoms with Crippen molar-refractivity contribution < 1.29 is 9.63 Å². The summed E-state index contributed by atoms with van der Waals surface area (Å²) < 4.78 is 0. The molecular weight excluding hydrogens is 172 g/mol. The molecule has 6 nitrogen and oxygen atoms in total. The van der Waals surface area contributed by atoms with Crippen LogP contribution in [0.3, 0.4) is 0 Å². The molecule has 0 unspecified atom stereocenters. The molecule has 0 spiro atoms. The van der Waals surface area contributed by atoms with Crippen molar-refractivity contribution in [2.75, 3.05) is 6.61 Å². The van der Waals surface area contributed by atoms with Gasteiger partial charge in [-0.1, -0.05) is 0 Å². The molecule has 0 saturated heterocycles. The van der Waals surface area contributed by atoms with E-state index in [2.05, 4.69) is 15.4 Å². The molecular formula is C7H10N4O2. The fourth-order valence-electron chi connectivity index (χ4n) is 0.659. The van der Waals surface area contributed by atoms with Crippen molar-refractivity contribution in [3.8, 4) is 0 Å². The highest BCUT2D eigenvalue weighted by Crippen LogP contribution is 1.85. The Bertz CT molecular complexity index is 264. The molecule has 0 atom stereocenters. The van der Waals surface area contributed by atoms with Crippen LogP contribution in [0.1, 0.15) is 5.82 Å². The van der Waals surface area contributed by atoms with E-state index in [0.29, 0.717) is 12.4 Å². The highest BCUT2D eigenvalue weighted by molar-refractivity contribution is 5.74. The first-order valence-electron chi connectivity index (χ1n) is 3.68. The summed E-state index contributed by atoms with van der Waals surface area (Å²) in [5.41, 5.74) is 7.34. The maximum Gasteiger partial charge on any atom is 0.245 e. The summed E-state index contributed by atoms with van der Waals surface area (Å²) in [7, 11) is 0. The monoisotopic (exact) mass is 182 g/mol. The lowest BCUT2D eigenvalue weighted by Crippen LogP contribution is -2.25. The van der Waals surface area contributed by atoms with Gasteiger partial charge in [0.15, 0.2) is 0 Å². The van der Waals surface area contributed by atoms with E-state index in [4.69, 9.17) is 10.6 Å². The van der Waals surface area contributed by atoms with Crippen molar-refractivity contribution in [1.29, 1.82) is 0 Å². The summed E-state index contributed by atoms with van der Waals surface area (Å²) >= 11 is 0. The molecule has 13 heavy (non-hydrogen) atoms. The minimum Gasteiger partial charge on any atom is -0.368 e. The van der Waals surface area contributed by atoms with Gasteiger partial charge in [-0.15, -0.1) is 0 Å². The standard InChI is InChI=1S/C7H10N4O2/c8-6(12)5-13-11-4-7-9-2-1-3-10-7/h1-3,11H,4-5H2,(H2,8,12). The van der Waals surface area contributed by atoms with Crippen molar-refractivity contribution in [2.24, 2.45) is 5.73 Å². The molecule has 1 aromatic heterocycles. The molecule has 0 radical (unpaired) electrons. The van der Waals surface area contributed by atoms with Gasteiger partial charge in [0.2, 0.25) is 5.91 Å². The van der Waals surface area contributed by atoms with Crippen LogP contribution >= 0.6 is 0 Å². The lowest BCUT2D eigenvalue weighted by Gasteiger charge is -2.01. The Morgan fingerprint density at radius 2 is 2.23 bits per heavy atom. The summed E-state index contributed by atoms with van der Waals surface area (Å²) in [4.78, 5) is 22.8. The highest BCUT2D eigenvalue weighted by atomic mass is 16.6. The molecule has 0 fully saturated rings. The minimum absolute atomic E-state index is 0.160. The minimum atomic E-state index is -0.526. The van der Waals surface area contributed by atoms with Crippen LogP contribution in [0.25, 0.3) is 0 Å². The fraction of sp³-hybridized carbons (Fsp3) is 0.286. The first-order chi connectivity index (χ1) is 6.29. The van der Waals surface area contributed by atoms with Gasteiger partial charge in [0, 0.05) is 12.4 Å². The number of primary amides is 1. The quantitative estimate of drug-likeness (QED) is 0.449. The molecule has 1 rings (SSSR count). The topological polar surface area (TPSA) is 90.1 Å². The third kappa shape index (κ3) is 4.14. The highest BCUT2D eigenvalue weighted by Gasteiger charge is 1.95. The third-order valence-corrected chi connectivity index (χ3v) is 1.17. The van der Waals surface area contributed by atoms with E-state index in [-0.39, 0.29) is 6.61 Å². The number of nitrogens with zero attached hydrogens (tertiary/aromatic N) is 2. The van der Waals surface area contributed by atoms with Gasteiger partial charge in [-0.25, -0.2) is 9.97 Å². The van der Waals surface area contributed by atoms with Crippen LogP contribution in [-0.2, 0) is 16.2 Å². The molecule has 1 amide bonds. The maximum absolute atomic E-state index is 10.2. The number of hydroxylamine groups is 1. The molecule has 0 bridgehead atoms. The maximum atomic E-state index is 10.2. The number of amides is 1. The summed E-state index contributed by atoms with van der Waals surface area (Å²) in [6, 6.07) is 1.72. The molecule has 3 N–H and O–H groups in total. The molecule has 0 saturated carbocycles.